The molecule has 0 spiro atoms. The van der Waals surface area contributed by atoms with Crippen LogP contribution in [0.5, 0.6) is 0 Å². The zero-order valence-corrected chi connectivity index (χ0v) is 16.7. The van der Waals surface area contributed by atoms with E-state index < -0.39 is 19.1 Å². The van der Waals surface area contributed by atoms with Crippen LogP contribution in [0.25, 0.3) is 10.9 Å². The van der Waals surface area contributed by atoms with Crippen LogP contribution < -0.4 is 10.9 Å². The molecule has 0 fully saturated rings. The van der Waals surface area contributed by atoms with Crippen LogP contribution in [0.3, 0.4) is 0 Å². The molecule has 2 aromatic heterocycles. The molecule has 8 heteroatoms. The summed E-state index contributed by atoms with van der Waals surface area (Å²) in [4.78, 5) is 25.9. The first-order chi connectivity index (χ1) is 12.6. The molecular formula is C19H30BN3O4. The van der Waals surface area contributed by atoms with Crippen molar-refractivity contribution in [1.29, 1.82) is 0 Å². The molecule has 0 aliphatic rings. The number of fused-ring (bicyclic) bond motifs is 1. The third kappa shape index (κ3) is 5.02. The van der Waals surface area contributed by atoms with Crippen LogP contribution in [0.2, 0.25) is 0 Å². The average Bonchev–Trinajstić information content (AvgIpc) is 2.94. The molecule has 7 nitrogen and oxygen atoms in total. The van der Waals surface area contributed by atoms with Gasteiger partial charge in [0, 0.05) is 19.4 Å². The number of amides is 1. The Balaban J connectivity index is 2.38. The van der Waals surface area contributed by atoms with Crippen molar-refractivity contribution in [3.63, 3.8) is 0 Å². The van der Waals surface area contributed by atoms with E-state index in [2.05, 4.69) is 5.32 Å². The highest BCUT2D eigenvalue weighted by molar-refractivity contribution is 6.43. The van der Waals surface area contributed by atoms with Crippen LogP contribution in [-0.4, -0.2) is 38.1 Å². The van der Waals surface area contributed by atoms with Gasteiger partial charge in [-0.2, -0.15) is 0 Å². The van der Waals surface area contributed by atoms with Gasteiger partial charge < -0.3 is 24.5 Å². The molecule has 2 rings (SSSR count). The van der Waals surface area contributed by atoms with Gasteiger partial charge in [-0.3, -0.25) is 9.59 Å². The molecule has 0 saturated heterocycles. The summed E-state index contributed by atoms with van der Waals surface area (Å²) in [5.41, 5.74) is 0.585. The first-order valence-corrected chi connectivity index (χ1v) is 9.44. The lowest BCUT2D eigenvalue weighted by Crippen LogP contribution is -2.50. The van der Waals surface area contributed by atoms with Gasteiger partial charge in [0.2, 0.25) is 5.91 Å². The molecule has 148 valence electrons. The maximum absolute atomic E-state index is 13.0. The van der Waals surface area contributed by atoms with Crippen LogP contribution in [0.4, 0.5) is 0 Å². The Morgan fingerprint density at radius 3 is 2.30 bits per heavy atom. The number of aryl methyl sites for hydroxylation is 1. The second kappa shape index (κ2) is 8.76. The Hall–Kier alpha value is -2.06. The van der Waals surface area contributed by atoms with Crippen molar-refractivity contribution in [3.05, 3.63) is 34.9 Å². The summed E-state index contributed by atoms with van der Waals surface area (Å²) in [6.45, 7) is 7.86. The maximum Gasteiger partial charge on any atom is 0.475 e. The molecule has 0 bridgehead atoms. The second-order valence-corrected chi connectivity index (χ2v) is 8.06. The highest BCUT2D eigenvalue weighted by atomic mass is 16.4. The van der Waals surface area contributed by atoms with Gasteiger partial charge in [0.25, 0.3) is 5.56 Å². The molecule has 3 N–H and O–H groups in total. The van der Waals surface area contributed by atoms with Gasteiger partial charge in [0.15, 0.2) is 0 Å². The summed E-state index contributed by atoms with van der Waals surface area (Å²) in [6, 6.07) is 2.86. The largest absolute Gasteiger partial charge is 0.475 e. The SMILES string of the molecule is CC(C)C[C@H](NC(=O)[C@H](CC(C)C)n1ccc2c(ccn2C)c1=O)B(O)O. The molecule has 0 aliphatic carbocycles. The van der Waals surface area contributed by atoms with Crippen molar-refractivity contribution in [2.75, 3.05) is 0 Å². The Morgan fingerprint density at radius 1 is 1.11 bits per heavy atom. The summed E-state index contributed by atoms with van der Waals surface area (Å²) >= 11 is 0. The smallest absolute Gasteiger partial charge is 0.426 e. The lowest BCUT2D eigenvalue weighted by molar-refractivity contribution is -0.125. The Kier molecular flexibility index (Phi) is 6.89. The van der Waals surface area contributed by atoms with E-state index in [1.807, 2.05) is 51.6 Å². The maximum atomic E-state index is 13.0. The summed E-state index contributed by atoms with van der Waals surface area (Å²) < 4.78 is 3.31. The van der Waals surface area contributed by atoms with E-state index in [0.29, 0.717) is 18.2 Å². The number of pyridine rings is 1. The Morgan fingerprint density at radius 2 is 1.74 bits per heavy atom. The molecule has 1 amide bonds. The lowest BCUT2D eigenvalue weighted by Gasteiger charge is -2.25. The minimum atomic E-state index is -1.65. The van der Waals surface area contributed by atoms with E-state index >= 15 is 0 Å². The number of carbonyl (C=O) groups is 1. The zero-order chi connectivity index (χ0) is 20.3. The van der Waals surface area contributed by atoms with E-state index in [4.69, 9.17) is 0 Å². The quantitative estimate of drug-likeness (QED) is 0.609. The van der Waals surface area contributed by atoms with Crippen LogP contribution in [0, 0.1) is 11.8 Å². The van der Waals surface area contributed by atoms with Crippen LogP contribution in [0.1, 0.15) is 46.6 Å². The number of rotatable bonds is 8. The number of nitrogens with one attached hydrogen (secondary N) is 1. The van der Waals surface area contributed by atoms with Crippen molar-refractivity contribution in [2.24, 2.45) is 18.9 Å². The number of carbonyl (C=O) groups excluding carboxylic acids is 1. The number of hydrogen-bond acceptors (Lipinski definition) is 4. The van der Waals surface area contributed by atoms with Crippen LogP contribution in [0.15, 0.2) is 29.3 Å². The molecule has 2 atom stereocenters. The van der Waals surface area contributed by atoms with Crippen LogP contribution in [-0.2, 0) is 11.8 Å². The Bertz CT molecular complexity index is 841. The van der Waals surface area contributed by atoms with Crippen LogP contribution >= 0.6 is 0 Å². The molecule has 27 heavy (non-hydrogen) atoms. The van der Waals surface area contributed by atoms with Gasteiger partial charge >= 0.3 is 7.12 Å². The normalized spacial score (nSPS) is 14.0. The van der Waals surface area contributed by atoms with Gasteiger partial charge in [-0.05, 0) is 36.8 Å². The fourth-order valence-electron chi connectivity index (χ4n) is 3.37. The number of aromatic nitrogens is 2. The highest BCUT2D eigenvalue weighted by Gasteiger charge is 2.30. The molecule has 0 unspecified atom stereocenters. The fraction of sp³-hybridized carbons (Fsp3) is 0.579. The van der Waals surface area contributed by atoms with E-state index in [9.17, 15) is 19.6 Å². The molecule has 2 aromatic rings. The molecule has 0 aliphatic heterocycles. The van der Waals surface area contributed by atoms with Crippen molar-refractivity contribution in [2.45, 2.75) is 52.5 Å². The van der Waals surface area contributed by atoms with E-state index in [-0.39, 0.29) is 23.3 Å². The average molecular weight is 375 g/mol. The summed E-state index contributed by atoms with van der Waals surface area (Å²) in [7, 11) is 0.216. The first kappa shape index (κ1) is 21.2. The predicted octanol–water partition coefficient (Wildman–Crippen LogP) is 1.47. The lowest BCUT2D eigenvalue weighted by atomic mass is 9.75. The van der Waals surface area contributed by atoms with Crippen molar-refractivity contribution in [1.82, 2.24) is 14.5 Å². The third-order valence-electron chi connectivity index (χ3n) is 4.72. The highest BCUT2D eigenvalue weighted by Crippen LogP contribution is 2.19. The molecule has 0 radical (unpaired) electrons. The first-order valence-electron chi connectivity index (χ1n) is 9.44. The third-order valence-corrected chi connectivity index (χ3v) is 4.72. The number of nitrogens with zero attached hydrogens (tertiary/aromatic N) is 2. The Labute approximate surface area is 160 Å². The summed E-state index contributed by atoms with van der Waals surface area (Å²) in [6.07, 6.45) is 4.36. The molecule has 0 aromatic carbocycles. The predicted molar refractivity (Wildman–Crippen MR) is 107 cm³/mol. The van der Waals surface area contributed by atoms with E-state index in [1.165, 1.54) is 4.57 Å². The minimum absolute atomic E-state index is 0.182. The topological polar surface area (TPSA) is 96.5 Å². The molecule has 2 heterocycles. The standard InChI is InChI=1S/C19H30BN3O4/c1-12(2)10-16(18(24)21-17(20(26)27)11-13(3)4)23-9-7-15-14(19(23)25)6-8-22(15)5/h6-9,12-13,16-17,26-27H,10-11H2,1-5H3,(H,21,24)/t16-,17-/m0/s1. The van der Waals surface area contributed by atoms with Gasteiger partial charge in [-0.25, -0.2) is 0 Å². The molecular weight excluding hydrogens is 345 g/mol. The second-order valence-electron chi connectivity index (χ2n) is 8.06. The summed E-state index contributed by atoms with van der Waals surface area (Å²) in [5, 5.41) is 22.5. The number of hydrogen-bond donors (Lipinski definition) is 3. The monoisotopic (exact) mass is 375 g/mol. The van der Waals surface area contributed by atoms with Gasteiger partial charge in [0.05, 0.1) is 16.8 Å². The minimum Gasteiger partial charge on any atom is -0.426 e. The van der Waals surface area contributed by atoms with Gasteiger partial charge in [-0.15, -0.1) is 0 Å². The van der Waals surface area contributed by atoms with Crippen molar-refractivity contribution < 1.29 is 14.8 Å². The fourth-order valence-corrected chi connectivity index (χ4v) is 3.37. The zero-order valence-electron chi connectivity index (χ0n) is 16.7. The van der Waals surface area contributed by atoms with Crippen molar-refractivity contribution >= 4 is 23.9 Å². The van der Waals surface area contributed by atoms with Crippen molar-refractivity contribution in [3.8, 4) is 0 Å². The van der Waals surface area contributed by atoms with Gasteiger partial charge in [-0.1, -0.05) is 27.7 Å². The van der Waals surface area contributed by atoms with Gasteiger partial charge in [0.1, 0.15) is 6.04 Å². The van der Waals surface area contributed by atoms with E-state index in [0.717, 1.165) is 5.52 Å². The molecule has 0 saturated carbocycles. The summed E-state index contributed by atoms with van der Waals surface area (Å²) in [5.74, 6) is -0.783. The van der Waals surface area contributed by atoms with E-state index in [1.54, 1.807) is 12.3 Å².